The quantitative estimate of drug-likeness (QED) is 0.581. The summed E-state index contributed by atoms with van der Waals surface area (Å²) in [7, 11) is 0. The van der Waals surface area contributed by atoms with E-state index in [2.05, 4.69) is 12.1 Å². The Morgan fingerprint density at radius 2 is 1.00 bits per heavy atom. The molecular weight excluding hydrogens is 352 g/mol. The van der Waals surface area contributed by atoms with E-state index < -0.39 is 0 Å². The molecule has 2 aliphatic carbocycles. The van der Waals surface area contributed by atoms with Crippen LogP contribution in [0.15, 0.2) is 46.2 Å². The largest absolute Gasteiger partial charge is 0.506 e. The lowest BCUT2D eigenvalue weighted by atomic mass is 9.84. The van der Waals surface area contributed by atoms with Gasteiger partial charge < -0.3 is 10.2 Å². The molecule has 144 valence electrons. The van der Waals surface area contributed by atoms with Gasteiger partial charge in [0.25, 0.3) is 0 Å². The Bertz CT molecular complexity index is 708. The molecular formula is C24H30O2S. The molecule has 2 N–H and O–H groups in total. The van der Waals surface area contributed by atoms with Gasteiger partial charge >= 0.3 is 0 Å². The fourth-order valence-corrected chi connectivity index (χ4v) is 5.81. The number of phenols is 2. The van der Waals surface area contributed by atoms with Crippen molar-refractivity contribution in [1.82, 2.24) is 0 Å². The molecule has 4 rings (SSSR count). The maximum atomic E-state index is 10.9. The van der Waals surface area contributed by atoms with Crippen LogP contribution in [0.5, 0.6) is 11.5 Å². The van der Waals surface area contributed by atoms with Gasteiger partial charge in [0, 0.05) is 0 Å². The van der Waals surface area contributed by atoms with E-state index in [1.165, 1.54) is 76.0 Å². The van der Waals surface area contributed by atoms with E-state index in [9.17, 15) is 10.2 Å². The van der Waals surface area contributed by atoms with Gasteiger partial charge in [0.05, 0.1) is 9.79 Å². The van der Waals surface area contributed by atoms with Gasteiger partial charge in [0.2, 0.25) is 0 Å². The van der Waals surface area contributed by atoms with Crippen LogP contribution in [0.4, 0.5) is 0 Å². The standard InChI is InChI=1S/C24H30O2S/c25-23-19(17-9-3-1-4-10-17)13-7-15-21(23)27-22-16-8-14-20(24(22)26)18-11-5-2-6-12-18/h7-8,13-18,25-26H,1-6,9-12H2. The van der Waals surface area contributed by atoms with E-state index >= 15 is 0 Å². The summed E-state index contributed by atoms with van der Waals surface area (Å²) in [5.74, 6) is 1.77. The third-order valence-corrected chi connectivity index (χ3v) is 7.47. The summed E-state index contributed by atoms with van der Waals surface area (Å²) >= 11 is 1.50. The average molecular weight is 383 g/mol. The van der Waals surface area contributed by atoms with Crippen molar-refractivity contribution in [3.05, 3.63) is 47.5 Å². The third kappa shape index (κ3) is 4.13. The summed E-state index contributed by atoms with van der Waals surface area (Å²) < 4.78 is 0. The predicted octanol–water partition coefficient (Wildman–Crippen LogP) is 7.34. The molecule has 0 atom stereocenters. The first-order chi connectivity index (χ1) is 13.2. The molecule has 27 heavy (non-hydrogen) atoms. The highest BCUT2D eigenvalue weighted by Crippen LogP contribution is 2.47. The van der Waals surface area contributed by atoms with E-state index in [1.807, 2.05) is 24.3 Å². The Kier molecular flexibility index (Phi) is 5.97. The molecule has 0 amide bonds. The number of para-hydroxylation sites is 2. The van der Waals surface area contributed by atoms with E-state index in [-0.39, 0.29) is 0 Å². The van der Waals surface area contributed by atoms with Crippen molar-refractivity contribution in [3.63, 3.8) is 0 Å². The van der Waals surface area contributed by atoms with Crippen molar-refractivity contribution in [2.75, 3.05) is 0 Å². The van der Waals surface area contributed by atoms with Crippen LogP contribution in [-0.4, -0.2) is 10.2 Å². The molecule has 0 unspecified atom stereocenters. The van der Waals surface area contributed by atoms with Crippen LogP contribution >= 0.6 is 11.8 Å². The lowest BCUT2D eigenvalue weighted by Crippen LogP contribution is -2.05. The first-order valence-electron chi connectivity index (χ1n) is 10.6. The summed E-state index contributed by atoms with van der Waals surface area (Å²) in [4.78, 5) is 1.71. The minimum Gasteiger partial charge on any atom is -0.506 e. The summed E-state index contributed by atoms with van der Waals surface area (Å²) in [5.41, 5.74) is 2.17. The number of hydrogen-bond donors (Lipinski definition) is 2. The highest BCUT2D eigenvalue weighted by atomic mass is 32.2. The Labute approximate surface area is 167 Å². The number of phenolic OH excluding ortho intramolecular Hbond substituents is 2. The monoisotopic (exact) mass is 382 g/mol. The number of benzene rings is 2. The second-order valence-electron chi connectivity index (χ2n) is 8.16. The number of rotatable bonds is 4. The zero-order valence-electron chi connectivity index (χ0n) is 16.0. The van der Waals surface area contributed by atoms with E-state index in [0.717, 1.165) is 20.9 Å². The highest BCUT2D eigenvalue weighted by Gasteiger charge is 2.23. The van der Waals surface area contributed by atoms with Crippen molar-refractivity contribution in [1.29, 1.82) is 0 Å². The minimum atomic E-state index is 0.414. The maximum absolute atomic E-state index is 10.9. The molecule has 2 aromatic carbocycles. The minimum absolute atomic E-state index is 0.414. The molecule has 2 aromatic rings. The van der Waals surface area contributed by atoms with Crippen LogP contribution in [-0.2, 0) is 0 Å². The van der Waals surface area contributed by atoms with Gasteiger partial charge in [-0.25, -0.2) is 0 Å². The molecule has 2 fully saturated rings. The van der Waals surface area contributed by atoms with Gasteiger partial charge in [-0.05, 0) is 60.8 Å². The van der Waals surface area contributed by atoms with Crippen LogP contribution in [0.3, 0.4) is 0 Å². The summed E-state index contributed by atoms with van der Waals surface area (Å²) in [6.45, 7) is 0. The van der Waals surface area contributed by atoms with Crippen LogP contribution in [0, 0.1) is 0 Å². The third-order valence-electron chi connectivity index (χ3n) is 6.37. The smallest absolute Gasteiger partial charge is 0.132 e. The highest BCUT2D eigenvalue weighted by molar-refractivity contribution is 7.99. The molecule has 2 aliphatic rings. The number of aromatic hydroxyl groups is 2. The van der Waals surface area contributed by atoms with Gasteiger partial charge in [-0.15, -0.1) is 0 Å². The zero-order valence-corrected chi connectivity index (χ0v) is 16.8. The van der Waals surface area contributed by atoms with Crippen LogP contribution in [0.1, 0.15) is 87.2 Å². The van der Waals surface area contributed by atoms with Gasteiger partial charge in [0.15, 0.2) is 0 Å². The van der Waals surface area contributed by atoms with Crippen molar-refractivity contribution >= 4 is 11.8 Å². The summed E-state index contributed by atoms with van der Waals surface area (Å²) in [5, 5.41) is 21.8. The van der Waals surface area contributed by atoms with E-state index in [4.69, 9.17) is 0 Å². The molecule has 2 nitrogen and oxygen atoms in total. The number of hydrogen-bond acceptors (Lipinski definition) is 3. The molecule has 3 heteroatoms. The second-order valence-corrected chi connectivity index (χ2v) is 9.24. The molecule has 0 radical (unpaired) electrons. The first kappa shape index (κ1) is 18.7. The Morgan fingerprint density at radius 3 is 1.41 bits per heavy atom. The topological polar surface area (TPSA) is 40.5 Å². The van der Waals surface area contributed by atoms with Crippen molar-refractivity contribution in [3.8, 4) is 11.5 Å². The molecule has 0 aromatic heterocycles. The Balaban J connectivity index is 1.59. The normalized spacial score (nSPS) is 19.3. The van der Waals surface area contributed by atoms with Crippen LogP contribution in [0.2, 0.25) is 0 Å². The SMILES string of the molecule is Oc1c(Sc2cccc(C3CCCCC3)c2O)cccc1C1CCCCC1. The molecule has 0 aliphatic heterocycles. The van der Waals surface area contributed by atoms with Crippen LogP contribution < -0.4 is 0 Å². The van der Waals surface area contributed by atoms with Crippen molar-refractivity contribution in [2.24, 2.45) is 0 Å². The molecule has 0 bridgehead atoms. The zero-order chi connectivity index (χ0) is 18.6. The van der Waals surface area contributed by atoms with E-state index in [1.54, 1.807) is 0 Å². The lowest BCUT2D eigenvalue weighted by molar-refractivity contribution is 0.407. The second kappa shape index (κ2) is 8.60. The fourth-order valence-electron chi connectivity index (χ4n) is 4.85. The molecule has 0 heterocycles. The summed E-state index contributed by atoms with van der Waals surface area (Å²) in [6, 6.07) is 12.2. The van der Waals surface area contributed by atoms with Gasteiger partial charge in [0.1, 0.15) is 11.5 Å². The predicted molar refractivity (Wildman–Crippen MR) is 112 cm³/mol. The maximum Gasteiger partial charge on any atom is 0.132 e. The molecule has 2 saturated carbocycles. The fraction of sp³-hybridized carbons (Fsp3) is 0.500. The van der Waals surface area contributed by atoms with Crippen molar-refractivity contribution in [2.45, 2.75) is 85.8 Å². The molecule has 0 spiro atoms. The summed E-state index contributed by atoms with van der Waals surface area (Å²) in [6.07, 6.45) is 12.3. The van der Waals surface area contributed by atoms with Gasteiger partial charge in [-0.2, -0.15) is 0 Å². The van der Waals surface area contributed by atoms with Gasteiger partial charge in [-0.3, -0.25) is 0 Å². The molecule has 0 saturated heterocycles. The lowest BCUT2D eigenvalue weighted by Gasteiger charge is -2.24. The Hall–Kier alpha value is -1.61. The van der Waals surface area contributed by atoms with Crippen molar-refractivity contribution < 1.29 is 10.2 Å². The average Bonchev–Trinajstić information content (AvgIpc) is 2.72. The van der Waals surface area contributed by atoms with E-state index in [0.29, 0.717) is 23.3 Å². The first-order valence-corrected chi connectivity index (χ1v) is 11.4. The Morgan fingerprint density at radius 1 is 0.593 bits per heavy atom. The van der Waals surface area contributed by atoms with Gasteiger partial charge in [-0.1, -0.05) is 74.6 Å². The van der Waals surface area contributed by atoms with Crippen LogP contribution in [0.25, 0.3) is 0 Å².